The lowest BCUT2D eigenvalue weighted by Gasteiger charge is -2.19. The third-order valence-electron chi connectivity index (χ3n) is 13.0. The molecule has 10 aromatic carbocycles. The zero-order valence-electron chi connectivity index (χ0n) is 32.6. The van der Waals surface area contributed by atoms with E-state index in [9.17, 15) is 0 Å². The van der Waals surface area contributed by atoms with Crippen molar-refractivity contribution in [1.82, 2.24) is 0 Å². The van der Waals surface area contributed by atoms with Gasteiger partial charge in [0.1, 0.15) is 23.0 Å². The van der Waals surface area contributed by atoms with Crippen LogP contribution in [0.3, 0.4) is 0 Å². The van der Waals surface area contributed by atoms with Crippen LogP contribution in [0.5, 0.6) is 5.75 Å². The molecule has 280 valence electrons. The Bertz CT molecular complexity index is 3600. The predicted octanol–water partition coefficient (Wildman–Crippen LogP) is 15.8. The maximum atomic E-state index is 6.59. The van der Waals surface area contributed by atoms with Crippen molar-refractivity contribution in [3.8, 4) is 50.3 Å². The molecule has 2 atom stereocenters. The number of hydrogen-bond donors (Lipinski definition) is 0. The molecule has 60 heavy (non-hydrogen) atoms. The molecule has 2 unspecified atom stereocenters. The molecular formula is C58H36O2. The Labute approximate surface area is 346 Å². The summed E-state index contributed by atoms with van der Waals surface area (Å²) in [6.07, 6.45) is 8.74. The van der Waals surface area contributed by atoms with Crippen molar-refractivity contribution >= 4 is 65.0 Å². The van der Waals surface area contributed by atoms with Crippen molar-refractivity contribution < 1.29 is 9.15 Å². The highest BCUT2D eigenvalue weighted by Gasteiger charge is 2.34. The molecule has 0 radical (unpaired) electrons. The van der Waals surface area contributed by atoms with Crippen LogP contribution < -0.4 is 4.74 Å². The molecule has 0 bridgehead atoms. The first-order chi connectivity index (χ1) is 29.8. The number of allylic oxidation sites excluding steroid dienone is 2. The van der Waals surface area contributed by atoms with Crippen LogP contribution in [0.15, 0.2) is 211 Å². The van der Waals surface area contributed by atoms with Crippen molar-refractivity contribution in [2.45, 2.75) is 12.0 Å². The molecule has 13 rings (SSSR count). The number of rotatable bonds is 4. The third-order valence-corrected chi connectivity index (χ3v) is 13.0. The molecule has 0 amide bonds. The summed E-state index contributed by atoms with van der Waals surface area (Å²) in [6, 6.07) is 66.6. The first-order valence-electron chi connectivity index (χ1n) is 20.8. The van der Waals surface area contributed by atoms with Gasteiger partial charge in [-0.2, -0.15) is 0 Å². The smallest absolute Gasteiger partial charge is 0.143 e. The van der Waals surface area contributed by atoms with E-state index in [-0.39, 0.29) is 12.0 Å². The van der Waals surface area contributed by atoms with Gasteiger partial charge >= 0.3 is 0 Å². The summed E-state index contributed by atoms with van der Waals surface area (Å²) in [6.45, 7) is 0. The van der Waals surface area contributed by atoms with Crippen LogP contribution in [0.1, 0.15) is 11.5 Å². The zero-order chi connectivity index (χ0) is 39.3. The Hall–Kier alpha value is -7.68. The molecule has 2 aliphatic rings. The lowest BCUT2D eigenvalue weighted by atomic mass is 9.84. The minimum absolute atomic E-state index is 0.0341. The lowest BCUT2D eigenvalue weighted by molar-refractivity contribution is 0.271. The fourth-order valence-corrected chi connectivity index (χ4v) is 10.3. The number of furan rings is 1. The Morgan fingerprint density at radius 2 is 0.833 bits per heavy atom. The van der Waals surface area contributed by atoms with Crippen molar-refractivity contribution in [2.24, 2.45) is 0 Å². The van der Waals surface area contributed by atoms with Crippen molar-refractivity contribution in [3.05, 3.63) is 212 Å². The first kappa shape index (κ1) is 33.3. The minimum atomic E-state index is 0.0341. The Kier molecular flexibility index (Phi) is 7.17. The van der Waals surface area contributed by atoms with Crippen LogP contribution in [0.4, 0.5) is 0 Å². The van der Waals surface area contributed by atoms with Crippen molar-refractivity contribution in [1.29, 1.82) is 0 Å². The molecule has 1 aromatic heterocycles. The average Bonchev–Trinajstić information content (AvgIpc) is 3.89. The Morgan fingerprint density at radius 1 is 0.350 bits per heavy atom. The second kappa shape index (κ2) is 12.9. The first-order valence-corrected chi connectivity index (χ1v) is 20.8. The van der Waals surface area contributed by atoms with Gasteiger partial charge in [0.2, 0.25) is 0 Å². The zero-order valence-corrected chi connectivity index (χ0v) is 32.6. The van der Waals surface area contributed by atoms with Crippen LogP contribution in [0.2, 0.25) is 0 Å². The highest BCUT2D eigenvalue weighted by molar-refractivity contribution is 6.23. The van der Waals surface area contributed by atoms with Crippen LogP contribution in [0.25, 0.3) is 110 Å². The summed E-state index contributed by atoms with van der Waals surface area (Å²) in [7, 11) is 0. The highest BCUT2D eigenvalue weighted by atomic mass is 16.5. The van der Waals surface area contributed by atoms with Crippen molar-refractivity contribution in [2.75, 3.05) is 0 Å². The molecule has 0 N–H and O–H groups in total. The summed E-state index contributed by atoms with van der Waals surface area (Å²) in [5, 5.41) is 11.9. The van der Waals surface area contributed by atoms with E-state index in [0.717, 1.165) is 33.1 Å². The summed E-state index contributed by atoms with van der Waals surface area (Å²) in [5.41, 5.74) is 12.8. The molecule has 2 heterocycles. The normalized spacial score (nSPS) is 15.7. The SMILES string of the molecule is C1=CC2Oc3c(cc(-c4cccc(-c5c6ccccc6c(-c6cccc(-c7cc8c9ccccc9oc8c8ccccc78)c6)c6ccccc56)c4)c4ccccc34)C2C=C1. The van der Waals surface area contributed by atoms with Gasteiger partial charge in [-0.05, 0) is 113 Å². The summed E-state index contributed by atoms with van der Waals surface area (Å²) in [5.74, 6) is 1.22. The van der Waals surface area contributed by atoms with Gasteiger partial charge in [-0.1, -0.05) is 170 Å². The third kappa shape index (κ3) is 4.88. The topological polar surface area (TPSA) is 22.4 Å². The van der Waals surface area contributed by atoms with E-state index in [1.54, 1.807) is 0 Å². The molecule has 0 saturated heterocycles. The van der Waals surface area contributed by atoms with E-state index in [1.807, 2.05) is 6.07 Å². The molecule has 0 spiro atoms. The highest BCUT2D eigenvalue weighted by Crippen LogP contribution is 2.50. The van der Waals surface area contributed by atoms with Crippen LogP contribution in [-0.2, 0) is 0 Å². The monoisotopic (exact) mass is 764 g/mol. The van der Waals surface area contributed by atoms with E-state index < -0.39 is 0 Å². The van der Waals surface area contributed by atoms with Gasteiger partial charge in [-0.15, -0.1) is 0 Å². The second-order valence-corrected chi connectivity index (χ2v) is 16.2. The van der Waals surface area contributed by atoms with Crippen LogP contribution in [0, 0.1) is 0 Å². The van der Waals surface area contributed by atoms with E-state index in [1.165, 1.54) is 87.8 Å². The Balaban J connectivity index is 1.01. The van der Waals surface area contributed by atoms with E-state index in [4.69, 9.17) is 9.15 Å². The average molecular weight is 765 g/mol. The van der Waals surface area contributed by atoms with Gasteiger partial charge in [0, 0.05) is 33.0 Å². The lowest BCUT2D eigenvalue weighted by Crippen LogP contribution is -2.15. The molecular weight excluding hydrogens is 729 g/mol. The van der Waals surface area contributed by atoms with Gasteiger partial charge < -0.3 is 9.15 Å². The van der Waals surface area contributed by atoms with Crippen molar-refractivity contribution in [3.63, 3.8) is 0 Å². The maximum Gasteiger partial charge on any atom is 0.143 e. The predicted molar refractivity (Wildman–Crippen MR) is 251 cm³/mol. The quantitative estimate of drug-likeness (QED) is 0.167. The number of benzene rings is 10. The molecule has 1 aliphatic carbocycles. The molecule has 1 aliphatic heterocycles. The molecule has 2 nitrogen and oxygen atoms in total. The minimum Gasteiger partial charge on any atom is -0.484 e. The largest absolute Gasteiger partial charge is 0.484 e. The molecule has 0 fully saturated rings. The fraction of sp³-hybridized carbons (Fsp3) is 0.0345. The van der Waals surface area contributed by atoms with Crippen LogP contribution >= 0.6 is 0 Å². The van der Waals surface area contributed by atoms with Crippen LogP contribution in [-0.4, -0.2) is 6.10 Å². The van der Waals surface area contributed by atoms with E-state index in [2.05, 4.69) is 200 Å². The molecule has 11 aromatic rings. The number of hydrogen-bond acceptors (Lipinski definition) is 2. The van der Waals surface area contributed by atoms with Gasteiger partial charge in [-0.3, -0.25) is 0 Å². The van der Waals surface area contributed by atoms with Gasteiger partial charge in [0.15, 0.2) is 0 Å². The van der Waals surface area contributed by atoms with Gasteiger partial charge in [0.05, 0.1) is 0 Å². The Morgan fingerprint density at radius 3 is 1.47 bits per heavy atom. The number of fused-ring (bicyclic) bond motifs is 12. The summed E-state index contributed by atoms with van der Waals surface area (Å²) >= 11 is 0. The fourth-order valence-electron chi connectivity index (χ4n) is 10.3. The number of para-hydroxylation sites is 1. The summed E-state index contributed by atoms with van der Waals surface area (Å²) < 4.78 is 13.1. The number of ether oxygens (including phenoxy) is 1. The van der Waals surface area contributed by atoms with Gasteiger partial charge in [0.25, 0.3) is 0 Å². The molecule has 0 saturated carbocycles. The van der Waals surface area contributed by atoms with Gasteiger partial charge in [-0.25, -0.2) is 0 Å². The van der Waals surface area contributed by atoms with E-state index in [0.29, 0.717) is 0 Å². The van der Waals surface area contributed by atoms with E-state index >= 15 is 0 Å². The standard InChI is InChI=1S/C58H36O2/c1-7-27-47-39(19-1)49(33-51-41-21-9-11-29-53(41)59-57(47)51)35-15-13-17-37(31-35)55-43-23-3-5-25-45(43)56(46-26-6-4-24-44(46)55)38-18-14-16-36(32-38)50-34-52-42-22-10-12-30-54(42)60-58(52)48-28-8-2-20-40(48)50/h1-34,41,53H. The molecule has 2 heteroatoms. The maximum absolute atomic E-state index is 6.59. The second-order valence-electron chi connectivity index (χ2n) is 16.2. The summed E-state index contributed by atoms with van der Waals surface area (Å²) in [4.78, 5) is 0.